The highest BCUT2D eigenvalue weighted by Gasteiger charge is 2.11. The third-order valence-electron chi connectivity index (χ3n) is 1.98. The van der Waals surface area contributed by atoms with E-state index in [1.807, 2.05) is 0 Å². The molecule has 0 spiro atoms. The molecule has 4 nitrogen and oxygen atoms in total. The van der Waals surface area contributed by atoms with Gasteiger partial charge in [0.05, 0.1) is 6.42 Å². The number of nitrogens with one attached hydrogen (secondary N) is 1. The summed E-state index contributed by atoms with van der Waals surface area (Å²) in [6, 6.07) is 5.77. The Morgan fingerprint density at radius 3 is 2.69 bits per heavy atom. The Hall–Kier alpha value is -1.62. The van der Waals surface area contributed by atoms with Crippen molar-refractivity contribution >= 4 is 24.3 Å². The molecule has 0 bridgehead atoms. The number of likely N-dealkylation sites (N-methyl/N-ethyl adjacent to an activating group) is 1. The number of guanidine groups is 1. The van der Waals surface area contributed by atoms with Gasteiger partial charge in [0.25, 0.3) is 0 Å². The van der Waals surface area contributed by atoms with Gasteiger partial charge in [0.2, 0.25) is 5.91 Å². The lowest BCUT2D eigenvalue weighted by atomic mass is 10.1. The molecule has 0 saturated carbocycles. The van der Waals surface area contributed by atoms with E-state index in [-0.39, 0.29) is 36.5 Å². The Kier molecular flexibility index (Phi) is 5.46. The van der Waals surface area contributed by atoms with Crippen LogP contribution in [-0.2, 0) is 11.2 Å². The predicted molar refractivity (Wildman–Crippen MR) is 62.0 cm³/mol. The van der Waals surface area contributed by atoms with Crippen LogP contribution in [0.2, 0.25) is 0 Å². The fraction of sp³-hybridized carbons (Fsp3) is 0.200. The summed E-state index contributed by atoms with van der Waals surface area (Å²) < 4.78 is 12.8. The molecule has 0 aliphatic rings. The molecule has 1 aromatic rings. The molecule has 16 heavy (non-hydrogen) atoms. The van der Waals surface area contributed by atoms with Gasteiger partial charge in [-0.3, -0.25) is 15.1 Å². The van der Waals surface area contributed by atoms with Crippen LogP contribution in [0.5, 0.6) is 0 Å². The van der Waals surface area contributed by atoms with Crippen molar-refractivity contribution in [2.45, 2.75) is 6.42 Å². The number of halogens is 2. The molecule has 0 aliphatic heterocycles. The molecule has 88 valence electrons. The quantitative estimate of drug-likeness (QED) is 0.606. The summed E-state index contributed by atoms with van der Waals surface area (Å²) in [4.78, 5) is 12.5. The minimum Gasteiger partial charge on any atom is -0.370 e. The summed E-state index contributed by atoms with van der Waals surface area (Å²) in [6.07, 6.45) is 0.0356. The first kappa shape index (κ1) is 14.4. The Morgan fingerprint density at radius 2 is 2.19 bits per heavy atom. The van der Waals surface area contributed by atoms with Gasteiger partial charge in [0.15, 0.2) is 5.96 Å². The minimum absolute atomic E-state index is 0. The van der Waals surface area contributed by atoms with E-state index in [1.165, 1.54) is 25.2 Å². The third-order valence-corrected chi connectivity index (χ3v) is 1.98. The lowest BCUT2D eigenvalue weighted by Gasteiger charge is -2.14. The summed E-state index contributed by atoms with van der Waals surface area (Å²) in [5, 5.41) is 7.05. The average molecular weight is 246 g/mol. The lowest BCUT2D eigenvalue weighted by Crippen LogP contribution is -2.38. The summed E-state index contributed by atoms with van der Waals surface area (Å²) in [5.74, 6) is -1.05. The highest BCUT2D eigenvalue weighted by Crippen LogP contribution is 2.05. The number of nitrogens with two attached hydrogens (primary N) is 1. The zero-order valence-electron chi connectivity index (χ0n) is 8.74. The Labute approximate surface area is 99.2 Å². The predicted octanol–water partition coefficient (Wildman–Crippen LogP) is 1.14. The van der Waals surface area contributed by atoms with Crippen LogP contribution in [0.3, 0.4) is 0 Å². The zero-order chi connectivity index (χ0) is 11.4. The first-order valence-corrected chi connectivity index (χ1v) is 4.35. The summed E-state index contributed by atoms with van der Waals surface area (Å²) in [7, 11) is 1.41. The number of nitrogens with zero attached hydrogens (tertiary/aromatic N) is 1. The van der Waals surface area contributed by atoms with Crippen molar-refractivity contribution in [3.8, 4) is 0 Å². The molecule has 1 aromatic carbocycles. The van der Waals surface area contributed by atoms with Crippen LogP contribution in [0.25, 0.3) is 0 Å². The van der Waals surface area contributed by atoms with E-state index >= 15 is 0 Å². The van der Waals surface area contributed by atoms with Crippen molar-refractivity contribution in [2.75, 3.05) is 7.05 Å². The van der Waals surface area contributed by atoms with Crippen LogP contribution in [0.4, 0.5) is 4.39 Å². The molecule has 1 amide bonds. The molecule has 1 rings (SSSR count). The van der Waals surface area contributed by atoms with Crippen LogP contribution in [0.1, 0.15) is 5.56 Å². The first-order chi connectivity index (χ1) is 7.00. The number of rotatable bonds is 2. The minimum atomic E-state index is -0.384. The van der Waals surface area contributed by atoms with Crippen molar-refractivity contribution in [3.05, 3.63) is 35.6 Å². The van der Waals surface area contributed by atoms with Crippen molar-refractivity contribution in [1.82, 2.24) is 4.90 Å². The van der Waals surface area contributed by atoms with E-state index < -0.39 is 0 Å². The Morgan fingerprint density at radius 1 is 1.56 bits per heavy atom. The molecule has 0 aliphatic carbocycles. The highest BCUT2D eigenvalue weighted by molar-refractivity contribution is 5.95. The Balaban J connectivity index is 0.00000225. The fourth-order valence-electron chi connectivity index (χ4n) is 1.07. The number of hydrogen-bond acceptors (Lipinski definition) is 2. The van der Waals surface area contributed by atoms with Gasteiger partial charge < -0.3 is 5.73 Å². The van der Waals surface area contributed by atoms with E-state index in [9.17, 15) is 9.18 Å². The van der Waals surface area contributed by atoms with E-state index in [1.54, 1.807) is 6.07 Å². The summed E-state index contributed by atoms with van der Waals surface area (Å²) in [5.41, 5.74) is 5.70. The average Bonchev–Trinajstić information content (AvgIpc) is 2.16. The molecule has 0 heterocycles. The van der Waals surface area contributed by atoms with Gasteiger partial charge >= 0.3 is 0 Å². The molecule has 0 unspecified atom stereocenters. The second-order valence-electron chi connectivity index (χ2n) is 3.14. The topological polar surface area (TPSA) is 70.2 Å². The van der Waals surface area contributed by atoms with Gasteiger partial charge in [-0.1, -0.05) is 12.1 Å². The van der Waals surface area contributed by atoms with Crippen LogP contribution in [-0.4, -0.2) is 23.8 Å². The highest BCUT2D eigenvalue weighted by atomic mass is 35.5. The molecule has 0 atom stereocenters. The van der Waals surface area contributed by atoms with Gasteiger partial charge in [0, 0.05) is 7.05 Å². The monoisotopic (exact) mass is 245 g/mol. The molecular weight excluding hydrogens is 233 g/mol. The van der Waals surface area contributed by atoms with Gasteiger partial charge in [-0.25, -0.2) is 4.39 Å². The van der Waals surface area contributed by atoms with E-state index in [2.05, 4.69) is 0 Å². The number of carbonyl (C=O) groups is 1. The van der Waals surface area contributed by atoms with Gasteiger partial charge in [-0.2, -0.15) is 0 Å². The maximum atomic E-state index is 12.8. The number of benzene rings is 1. The second kappa shape index (κ2) is 6.07. The van der Waals surface area contributed by atoms with Crippen LogP contribution in [0.15, 0.2) is 24.3 Å². The molecule has 6 heteroatoms. The van der Waals surface area contributed by atoms with Crippen molar-refractivity contribution in [3.63, 3.8) is 0 Å². The second-order valence-corrected chi connectivity index (χ2v) is 3.14. The van der Waals surface area contributed by atoms with E-state index in [0.717, 1.165) is 4.90 Å². The number of carbonyl (C=O) groups excluding carboxylic acids is 1. The maximum Gasteiger partial charge on any atom is 0.233 e. The number of amides is 1. The summed E-state index contributed by atoms with van der Waals surface area (Å²) >= 11 is 0. The van der Waals surface area contributed by atoms with Crippen molar-refractivity contribution in [1.29, 1.82) is 5.41 Å². The van der Waals surface area contributed by atoms with Crippen LogP contribution in [0, 0.1) is 11.2 Å². The molecule has 3 N–H and O–H groups in total. The smallest absolute Gasteiger partial charge is 0.233 e. The Bertz CT molecular complexity index is 397. The molecule has 0 radical (unpaired) electrons. The lowest BCUT2D eigenvalue weighted by molar-refractivity contribution is -0.125. The number of hydrogen-bond donors (Lipinski definition) is 2. The van der Waals surface area contributed by atoms with E-state index in [4.69, 9.17) is 11.1 Å². The molecule has 0 aromatic heterocycles. The van der Waals surface area contributed by atoms with Gasteiger partial charge in [-0.05, 0) is 17.7 Å². The van der Waals surface area contributed by atoms with Gasteiger partial charge in [-0.15, -0.1) is 12.4 Å². The first-order valence-electron chi connectivity index (χ1n) is 4.35. The molecule has 0 fully saturated rings. The van der Waals surface area contributed by atoms with Crippen molar-refractivity contribution < 1.29 is 9.18 Å². The van der Waals surface area contributed by atoms with E-state index in [0.29, 0.717) is 5.56 Å². The maximum absolute atomic E-state index is 12.8. The standard InChI is InChI=1S/C10H12FN3O.ClH/c1-14(10(12)13)9(15)6-7-3-2-4-8(11)5-7;/h2-5H,6H2,1H3,(H3,12,13);1H. The third kappa shape index (κ3) is 3.86. The largest absolute Gasteiger partial charge is 0.370 e. The van der Waals surface area contributed by atoms with Crippen molar-refractivity contribution in [2.24, 2.45) is 5.73 Å². The van der Waals surface area contributed by atoms with Crippen LogP contribution >= 0.6 is 12.4 Å². The van der Waals surface area contributed by atoms with Crippen LogP contribution < -0.4 is 5.73 Å². The normalized spacial score (nSPS) is 9.12. The molecular formula is C10H13ClFN3O. The van der Waals surface area contributed by atoms with Gasteiger partial charge in [0.1, 0.15) is 5.82 Å². The summed E-state index contributed by atoms with van der Waals surface area (Å²) in [6.45, 7) is 0. The molecule has 0 saturated heterocycles. The SMILES string of the molecule is CN(C(=N)N)C(=O)Cc1cccc(F)c1.Cl. The fourth-order valence-corrected chi connectivity index (χ4v) is 1.07. The zero-order valence-corrected chi connectivity index (χ0v) is 9.55.